The molecule has 162 valence electrons. The molecule has 2 atom stereocenters. The lowest BCUT2D eigenvalue weighted by Crippen LogP contribution is -2.45. The maximum absolute atomic E-state index is 12.3. The number of ether oxygens (including phenoxy) is 2. The lowest BCUT2D eigenvalue weighted by molar-refractivity contribution is -0.00526. The Balaban J connectivity index is 1.58. The third-order valence-corrected chi connectivity index (χ3v) is 4.84. The van der Waals surface area contributed by atoms with Gasteiger partial charge in [-0.25, -0.2) is 9.78 Å². The number of hydrogen-bond acceptors (Lipinski definition) is 6. The van der Waals surface area contributed by atoms with Crippen molar-refractivity contribution >= 4 is 29.0 Å². The minimum Gasteiger partial charge on any atom is -0.478 e. The van der Waals surface area contributed by atoms with Crippen LogP contribution in [0.5, 0.6) is 5.88 Å². The van der Waals surface area contributed by atoms with Crippen molar-refractivity contribution < 1.29 is 14.3 Å². The van der Waals surface area contributed by atoms with Crippen molar-refractivity contribution in [1.29, 1.82) is 0 Å². The molecule has 2 aromatic heterocycles. The van der Waals surface area contributed by atoms with Crippen LogP contribution in [-0.2, 0) is 11.3 Å². The summed E-state index contributed by atoms with van der Waals surface area (Å²) in [6, 6.07) is 4.82. The highest BCUT2D eigenvalue weighted by Gasteiger charge is 2.23. The molecule has 0 bridgehead atoms. The summed E-state index contributed by atoms with van der Waals surface area (Å²) in [5, 5.41) is 5.79. The fourth-order valence-corrected chi connectivity index (χ4v) is 3.72. The Kier molecular flexibility index (Phi) is 7.33. The predicted octanol–water partition coefficient (Wildman–Crippen LogP) is 3.77. The van der Waals surface area contributed by atoms with Gasteiger partial charge in [-0.2, -0.15) is 0 Å². The van der Waals surface area contributed by atoms with E-state index in [9.17, 15) is 4.79 Å². The highest BCUT2D eigenvalue weighted by molar-refractivity contribution is 6.29. The third-order valence-electron chi connectivity index (χ3n) is 4.65. The van der Waals surface area contributed by atoms with Gasteiger partial charge in [0.2, 0.25) is 5.88 Å². The summed E-state index contributed by atoms with van der Waals surface area (Å²) < 4.78 is 11.1. The molecule has 3 rings (SSSR count). The number of carbonyl (C=O) groups is 1. The van der Waals surface area contributed by atoms with Crippen LogP contribution in [0.3, 0.4) is 0 Å². The van der Waals surface area contributed by atoms with E-state index in [1.54, 1.807) is 12.1 Å². The van der Waals surface area contributed by atoms with Gasteiger partial charge in [0, 0.05) is 19.2 Å². The number of urea groups is 1. The van der Waals surface area contributed by atoms with Crippen LogP contribution in [0.4, 0.5) is 16.2 Å². The minimum absolute atomic E-state index is 0.183. The van der Waals surface area contributed by atoms with Crippen LogP contribution >= 0.6 is 11.6 Å². The number of rotatable bonds is 6. The van der Waals surface area contributed by atoms with E-state index in [-0.39, 0.29) is 23.4 Å². The number of nitrogens with zero attached hydrogens (tertiary/aromatic N) is 3. The van der Waals surface area contributed by atoms with Gasteiger partial charge >= 0.3 is 6.03 Å². The molecule has 1 saturated heterocycles. The molecule has 30 heavy (non-hydrogen) atoms. The van der Waals surface area contributed by atoms with E-state index >= 15 is 0 Å². The van der Waals surface area contributed by atoms with Crippen molar-refractivity contribution in [3.63, 3.8) is 0 Å². The second kappa shape index (κ2) is 9.95. The van der Waals surface area contributed by atoms with Crippen molar-refractivity contribution in [3.8, 4) is 5.88 Å². The van der Waals surface area contributed by atoms with Crippen molar-refractivity contribution in [1.82, 2.24) is 15.3 Å². The SMILES string of the molecule is CCOc1cc(NC(=O)NCc2cc(C)c(N3CC(C)OC(C)C3)cn2)cc(Cl)n1. The Morgan fingerprint density at radius 1 is 1.30 bits per heavy atom. The molecule has 1 aliphatic heterocycles. The standard InChI is InChI=1S/C21H28ClN5O3/c1-5-29-20-8-16(7-19(22)26-20)25-21(28)24-9-17-6-13(2)18(10-23-17)27-11-14(3)30-15(4)12-27/h6-8,10,14-15H,5,9,11-12H2,1-4H3,(H2,24,25,26,28). The second-order valence-corrected chi connectivity index (χ2v) is 7.77. The quantitative estimate of drug-likeness (QED) is 0.674. The lowest BCUT2D eigenvalue weighted by atomic mass is 10.1. The first-order valence-electron chi connectivity index (χ1n) is 10.0. The third kappa shape index (κ3) is 5.96. The largest absolute Gasteiger partial charge is 0.478 e. The van der Waals surface area contributed by atoms with Gasteiger partial charge in [0.15, 0.2) is 0 Å². The van der Waals surface area contributed by atoms with E-state index < -0.39 is 0 Å². The summed E-state index contributed by atoms with van der Waals surface area (Å²) in [4.78, 5) is 23.1. The van der Waals surface area contributed by atoms with E-state index in [1.807, 2.05) is 19.2 Å². The molecule has 0 aliphatic carbocycles. The van der Waals surface area contributed by atoms with Crippen LogP contribution in [0.2, 0.25) is 5.15 Å². The highest BCUT2D eigenvalue weighted by Crippen LogP contribution is 2.24. The Labute approximate surface area is 181 Å². The molecule has 0 aromatic carbocycles. The lowest BCUT2D eigenvalue weighted by Gasteiger charge is -2.37. The van der Waals surface area contributed by atoms with Crippen LogP contribution in [0.15, 0.2) is 24.4 Å². The first kappa shape index (κ1) is 22.1. The summed E-state index contributed by atoms with van der Waals surface area (Å²) in [5.74, 6) is 0.361. The molecule has 2 amide bonds. The van der Waals surface area contributed by atoms with Gasteiger partial charge in [-0.3, -0.25) is 4.98 Å². The van der Waals surface area contributed by atoms with Crippen LogP contribution in [0.25, 0.3) is 0 Å². The minimum atomic E-state index is -0.362. The van der Waals surface area contributed by atoms with Gasteiger partial charge in [0.05, 0.1) is 48.6 Å². The zero-order valence-electron chi connectivity index (χ0n) is 17.7. The fourth-order valence-electron chi connectivity index (χ4n) is 3.52. The molecular weight excluding hydrogens is 406 g/mol. The summed E-state index contributed by atoms with van der Waals surface area (Å²) in [7, 11) is 0. The van der Waals surface area contributed by atoms with Gasteiger partial charge in [0.25, 0.3) is 0 Å². The molecule has 2 unspecified atom stereocenters. The number of aromatic nitrogens is 2. The van der Waals surface area contributed by atoms with Crippen LogP contribution in [0, 0.1) is 6.92 Å². The molecular formula is C21H28ClN5O3. The molecule has 0 spiro atoms. The molecule has 9 heteroatoms. The van der Waals surface area contributed by atoms with E-state index in [0.717, 1.165) is 30.0 Å². The maximum atomic E-state index is 12.3. The normalized spacial score (nSPS) is 18.8. The van der Waals surface area contributed by atoms with Gasteiger partial charge < -0.3 is 25.0 Å². The molecule has 2 aromatic rings. The predicted molar refractivity (Wildman–Crippen MR) is 117 cm³/mol. The van der Waals surface area contributed by atoms with Crippen LogP contribution < -0.4 is 20.3 Å². The number of carbonyl (C=O) groups excluding carboxylic acids is 1. The zero-order chi connectivity index (χ0) is 21.7. The van der Waals surface area contributed by atoms with Crippen molar-refractivity contribution in [2.75, 3.05) is 29.9 Å². The monoisotopic (exact) mass is 433 g/mol. The number of amides is 2. The van der Waals surface area contributed by atoms with Gasteiger partial charge in [0.1, 0.15) is 5.15 Å². The molecule has 2 N–H and O–H groups in total. The van der Waals surface area contributed by atoms with Gasteiger partial charge in [-0.1, -0.05) is 11.6 Å². The van der Waals surface area contributed by atoms with Crippen molar-refractivity contribution in [2.24, 2.45) is 0 Å². The molecule has 8 nitrogen and oxygen atoms in total. The number of hydrogen-bond donors (Lipinski definition) is 2. The van der Waals surface area contributed by atoms with Crippen LogP contribution in [-0.4, -0.2) is 47.9 Å². The number of nitrogens with one attached hydrogen (secondary N) is 2. The fraction of sp³-hybridized carbons (Fsp3) is 0.476. The molecule has 3 heterocycles. The van der Waals surface area contributed by atoms with E-state index in [0.29, 0.717) is 24.7 Å². The number of halogens is 1. The summed E-state index contributed by atoms with van der Waals surface area (Å²) in [5.41, 5.74) is 3.50. The highest BCUT2D eigenvalue weighted by atomic mass is 35.5. The average molecular weight is 434 g/mol. The number of morpholine rings is 1. The average Bonchev–Trinajstić information content (AvgIpc) is 2.65. The van der Waals surface area contributed by atoms with Crippen LogP contribution in [0.1, 0.15) is 32.0 Å². The topological polar surface area (TPSA) is 88.6 Å². The van der Waals surface area contributed by atoms with Gasteiger partial charge in [-0.05, 0) is 45.4 Å². The zero-order valence-corrected chi connectivity index (χ0v) is 18.5. The number of pyridine rings is 2. The Morgan fingerprint density at radius 3 is 2.70 bits per heavy atom. The first-order valence-corrected chi connectivity index (χ1v) is 10.4. The number of aryl methyl sites for hydroxylation is 1. The molecule has 1 aliphatic rings. The smallest absolute Gasteiger partial charge is 0.319 e. The first-order chi connectivity index (χ1) is 14.3. The molecule has 0 radical (unpaired) electrons. The second-order valence-electron chi connectivity index (χ2n) is 7.38. The summed E-state index contributed by atoms with van der Waals surface area (Å²) >= 11 is 5.97. The molecule has 0 saturated carbocycles. The van der Waals surface area contributed by atoms with Crippen molar-refractivity contribution in [3.05, 3.63) is 40.8 Å². The molecule has 1 fully saturated rings. The summed E-state index contributed by atoms with van der Waals surface area (Å²) in [6.07, 6.45) is 2.23. The van der Waals surface area contributed by atoms with Crippen molar-refractivity contribution in [2.45, 2.75) is 46.4 Å². The summed E-state index contributed by atoms with van der Waals surface area (Å²) in [6.45, 7) is 10.5. The maximum Gasteiger partial charge on any atom is 0.319 e. The van der Waals surface area contributed by atoms with E-state index in [1.165, 1.54) is 0 Å². The Hall–Kier alpha value is -2.58. The van der Waals surface area contributed by atoms with Gasteiger partial charge in [-0.15, -0.1) is 0 Å². The van der Waals surface area contributed by atoms with E-state index in [4.69, 9.17) is 21.1 Å². The number of anilines is 2. The van der Waals surface area contributed by atoms with E-state index in [2.05, 4.69) is 46.3 Å². The Morgan fingerprint density at radius 2 is 2.03 bits per heavy atom. The Bertz CT molecular complexity index is 885.